The molecule has 0 bridgehead atoms. The Balaban J connectivity index is 2.23. The van der Waals surface area contributed by atoms with Gasteiger partial charge in [-0.05, 0) is 43.9 Å². The van der Waals surface area contributed by atoms with Gasteiger partial charge in [0.15, 0.2) is 5.84 Å². The molecule has 1 fully saturated rings. The third-order valence-corrected chi connectivity index (χ3v) is 3.65. The molecule has 0 amide bonds. The summed E-state index contributed by atoms with van der Waals surface area (Å²) in [4.78, 5) is 1.95. The minimum atomic E-state index is -0.353. The molecule has 3 N–H and O–H groups in total. The van der Waals surface area contributed by atoms with E-state index in [-0.39, 0.29) is 11.7 Å². The molecule has 1 aliphatic rings. The van der Waals surface area contributed by atoms with E-state index in [1.54, 1.807) is 12.1 Å². The maximum Gasteiger partial charge on any atom is 0.170 e. The lowest BCUT2D eigenvalue weighted by atomic mass is 10.1. The van der Waals surface area contributed by atoms with Crippen LogP contribution in [0.3, 0.4) is 0 Å². The van der Waals surface area contributed by atoms with Crippen LogP contribution in [-0.2, 0) is 0 Å². The van der Waals surface area contributed by atoms with Crippen LogP contribution < -0.4 is 10.6 Å². The Morgan fingerprint density at radius 2 is 2.22 bits per heavy atom. The van der Waals surface area contributed by atoms with Crippen LogP contribution in [0.2, 0.25) is 0 Å². The lowest BCUT2D eigenvalue weighted by molar-refractivity contribution is 0.318. The third kappa shape index (κ3) is 2.39. The zero-order chi connectivity index (χ0) is 13.3. The quantitative estimate of drug-likeness (QED) is 0.373. The summed E-state index contributed by atoms with van der Waals surface area (Å²) in [5.74, 6) is 0.227. The highest BCUT2D eigenvalue weighted by Gasteiger charge is 2.31. The zero-order valence-corrected chi connectivity index (χ0v) is 10.6. The Labute approximate surface area is 106 Å². The normalized spacial score (nSPS) is 17.6. The predicted molar refractivity (Wildman–Crippen MR) is 69.5 cm³/mol. The van der Waals surface area contributed by atoms with Crippen LogP contribution in [0.15, 0.2) is 23.4 Å². The van der Waals surface area contributed by atoms with Crippen molar-refractivity contribution in [2.45, 2.75) is 25.8 Å². The molecule has 1 saturated carbocycles. The summed E-state index contributed by atoms with van der Waals surface area (Å²) in [6.45, 7) is 2.11. The van der Waals surface area contributed by atoms with Crippen molar-refractivity contribution in [3.63, 3.8) is 0 Å². The highest BCUT2D eigenvalue weighted by atomic mass is 19.1. The van der Waals surface area contributed by atoms with E-state index in [1.165, 1.54) is 18.9 Å². The molecule has 98 valence electrons. The number of hydrogen-bond donors (Lipinski definition) is 2. The number of nitrogens with two attached hydrogens (primary N) is 1. The van der Waals surface area contributed by atoms with Gasteiger partial charge in [0.25, 0.3) is 0 Å². The van der Waals surface area contributed by atoms with Crippen molar-refractivity contribution in [3.8, 4) is 0 Å². The molecule has 1 atom stereocenters. The van der Waals surface area contributed by atoms with Gasteiger partial charge in [0, 0.05) is 18.7 Å². The molecule has 1 aromatic carbocycles. The van der Waals surface area contributed by atoms with Crippen molar-refractivity contribution >= 4 is 11.5 Å². The number of anilines is 1. The first-order valence-electron chi connectivity index (χ1n) is 6.05. The van der Waals surface area contributed by atoms with Gasteiger partial charge in [0.05, 0.1) is 5.69 Å². The van der Waals surface area contributed by atoms with Crippen LogP contribution in [0.4, 0.5) is 10.1 Å². The number of rotatable bonds is 4. The Hall–Kier alpha value is -1.78. The summed E-state index contributed by atoms with van der Waals surface area (Å²) < 4.78 is 14.0. The molecule has 0 saturated heterocycles. The fraction of sp³-hybridized carbons (Fsp3) is 0.462. The summed E-state index contributed by atoms with van der Waals surface area (Å²) in [5.41, 5.74) is 6.35. The molecular weight excluding hydrogens is 233 g/mol. The molecule has 0 aromatic heterocycles. The van der Waals surface area contributed by atoms with Crippen LogP contribution in [0.25, 0.3) is 0 Å². The van der Waals surface area contributed by atoms with Gasteiger partial charge < -0.3 is 15.8 Å². The van der Waals surface area contributed by atoms with E-state index in [0.29, 0.717) is 23.2 Å². The molecule has 1 aliphatic carbocycles. The van der Waals surface area contributed by atoms with Gasteiger partial charge in [0.2, 0.25) is 0 Å². The molecule has 18 heavy (non-hydrogen) atoms. The van der Waals surface area contributed by atoms with Crippen LogP contribution >= 0.6 is 0 Å². The van der Waals surface area contributed by atoms with Crippen molar-refractivity contribution in [1.82, 2.24) is 0 Å². The summed E-state index contributed by atoms with van der Waals surface area (Å²) in [5, 5.41) is 11.4. The first kappa shape index (κ1) is 12.7. The Morgan fingerprint density at radius 1 is 1.56 bits per heavy atom. The van der Waals surface area contributed by atoms with Crippen molar-refractivity contribution in [2.24, 2.45) is 16.8 Å². The molecule has 0 radical (unpaired) electrons. The zero-order valence-electron chi connectivity index (χ0n) is 10.6. The van der Waals surface area contributed by atoms with E-state index >= 15 is 0 Å². The molecule has 5 heteroatoms. The molecule has 0 heterocycles. The van der Waals surface area contributed by atoms with Crippen LogP contribution in [0.1, 0.15) is 25.3 Å². The molecule has 4 nitrogen and oxygen atoms in total. The number of amidine groups is 1. The molecule has 2 rings (SSSR count). The topological polar surface area (TPSA) is 61.8 Å². The van der Waals surface area contributed by atoms with Crippen molar-refractivity contribution < 1.29 is 9.60 Å². The van der Waals surface area contributed by atoms with Gasteiger partial charge in [-0.15, -0.1) is 0 Å². The second kappa shape index (κ2) is 4.84. The fourth-order valence-electron chi connectivity index (χ4n) is 2.12. The fourth-order valence-corrected chi connectivity index (χ4v) is 2.12. The average Bonchev–Trinajstić information content (AvgIpc) is 3.20. The van der Waals surface area contributed by atoms with Crippen LogP contribution in [0, 0.1) is 11.7 Å². The van der Waals surface area contributed by atoms with Gasteiger partial charge in [-0.3, -0.25) is 0 Å². The van der Waals surface area contributed by atoms with Crippen molar-refractivity contribution in [3.05, 3.63) is 29.6 Å². The number of nitrogens with zero attached hydrogens (tertiary/aromatic N) is 2. The molecular formula is C13H18FN3O. The smallest absolute Gasteiger partial charge is 0.170 e. The van der Waals surface area contributed by atoms with Gasteiger partial charge in [-0.1, -0.05) is 5.16 Å². The highest BCUT2D eigenvalue weighted by molar-refractivity contribution is 5.97. The average molecular weight is 251 g/mol. The predicted octanol–water partition coefficient (Wildman–Crippen LogP) is 2.15. The van der Waals surface area contributed by atoms with E-state index in [9.17, 15) is 4.39 Å². The van der Waals surface area contributed by atoms with E-state index in [4.69, 9.17) is 10.9 Å². The molecule has 0 spiro atoms. The minimum Gasteiger partial charge on any atom is -0.409 e. The number of halogens is 1. The Kier molecular flexibility index (Phi) is 3.41. The van der Waals surface area contributed by atoms with Gasteiger partial charge in [-0.25, -0.2) is 4.39 Å². The number of hydrogen-bond acceptors (Lipinski definition) is 3. The highest BCUT2D eigenvalue weighted by Crippen LogP contribution is 2.36. The molecule has 0 aliphatic heterocycles. The Bertz CT molecular complexity index is 471. The van der Waals surface area contributed by atoms with Crippen molar-refractivity contribution in [2.75, 3.05) is 11.9 Å². The lowest BCUT2D eigenvalue weighted by Gasteiger charge is -2.27. The second-order valence-electron chi connectivity index (χ2n) is 4.84. The van der Waals surface area contributed by atoms with E-state index in [0.717, 1.165) is 0 Å². The summed E-state index contributed by atoms with van der Waals surface area (Å²) >= 11 is 0. The third-order valence-electron chi connectivity index (χ3n) is 3.65. The van der Waals surface area contributed by atoms with Crippen molar-refractivity contribution in [1.29, 1.82) is 0 Å². The number of oxime groups is 1. The largest absolute Gasteiger partial charge is 0.409 e. The summed E-state index contributed by atoms with van der Waals surface area (Å²) in [6, 6.07) is 4.94. The standard InChI is InChI=1S/C13H18FN3O/c1-8(9-3-4-9)17(2)12-6-5-10(7-11(12)14)13(15)16-18/h5-9,18H,3-4H2,1-2H3,(H2,15,16). The SMILES string of the molecule is CC(C1CC1)N(C)c1ccc(/C(N)=N/O)cc1F. The lowest BCUT2D eigenvalue weighted by Crippen LogP contribution is -2.31. The second-order valence-corrected chi connectivity index (χ2v) is 4.84. The monoisotopic (exact) mass is 251 g/mol. The van der Waals surface area contributed by atoms with E-state index in [2.05, 4.69) is 12.1 Å². The Morgan fingerprint density at radius 3 is 2.72 bits per heavy atom. The van der Waals surface area contributed by atoms with E-state index in [1.807, 2.05) is 11.9 Å². The maximum absolute atomic E-state index is 14.0. The van der Waals surface area contributed by atoms with E-state index < -0.39 is 0 Å². The van der Waals surface area contributed by atoms with Gasteiger partial charge >= 0.3 is 0 Å². The molecule has 1 aromatic rings. The molecule has 1 unspecified atom stereocenters. The number of benzene rings is 1. The van der Waals surface area contributed by atoms with Crippen LogP contribution in [-0.4, -0.2) is 24.1 Å². The minimum absolute atomic E-state index is 0.0849. The summed E-state index contributed by atoms with van der Waals surface area (Å²) in [7, 11) is 1.89. The van der Waals surface area contributed by atoms with Gasteiger partial charge in [0.1, 0.15) is 5.82 Å². The van der Waals surface area contributed by atoms with Gasteiger partial charge in [-0.2, -0.15) is 0 Å². The first-order valence-corrected chi connectivity index (χ1v) is 6.05. The first-order chi connectivity index (χ1) is 8.54. The van der Waals surface area contributed by atoms with Crippen LogP contribution in [0.5, 0.6) is 0 Å². The summed E-state index contributed by atoms with van der Waals surface area (Å²) in [6.07, 6.45) is 2.44. The maximum atomic E-state index is 14.0.